The van der Waals surface area contributed by atoms with Crippen molar-refractivity contribution in [2.45, 2.75) is 36.4 Å². The van der Waals surface area contributed by atoms with E-state index in [4.69, 9.17) is 0 Å². The molecule has 0 aliphatic rings. The minimum Gasteiger partial charge on any atom is -0.211 e. The number of sulfonamides is 1. The Kier molecular flexibility index (Phi) is 5.62. The van der Waals surface area contributed by atoms with Gasteiger partial charge < -0.3 is 0 Å². The summed E-state index contributed by atoms with van der Waals surface area (Å²) in [5.74, 6) is 0. The van der Waals surface area contributed by atoms with Gasteiger partial charge >= 0.3 is 0 Å². The maximum Gasteiger partial charge on any atom is 0.240 e. The van der Waals surface area contributed by atoms with Crippen molar-refractivity contribution in [3.05, 3.63) is 29.8 Å². The van der Waals surface area contributed by atoms with Crippen LogP contribution in [0.5, 0.6) is 0 Å². The van der Waals surface area contributed by atoms with Crippen LogP contribution >= 0.6 is 15.9 Å². The monoisotopic (exact) mass is 319 g/mol. The van der Waals surface area contributed by atoms with E-state index in [1.165, 1.54) is 0 Å². The smallest absolute Gasteiger partial charge is 0.211 e. The highest BCUT2D eigenvalue weighted by Crippen LogP contribution is 2.20. The van der Waals surface area contributed by atoms with Gasteiger partial charge in [0.15, 0.2) is 0 Å². The maximum atomic E-state index is 12.0. The number of halogens is 1. The first-order valence-corrected chi connectivity index (χ1v) is 8.12. The molecule has 0 aliphatic heterocycles. The second-order valence-electron chi connectivity index (χ2n) is 3.82. The number of hydrogen-bond acceptors (Lipinski definition) is 2. The molecule has 0 heterocycles. The van der Waals surface area contributed by atoms with Gasteiger partial charge in [0.05, 0.1) is 4.90 Å². The predicted molar refractivity (Wildman–Crippen MR) is 74.0 cm³/mol. The van der Waals surface area contributed by atoms with E-state index in [0.29, 0.717) is 16.3 Å². The summed E-state index contributed by atoms with van der Waals surface area (Å²) in [6.45, 7) is 4.25. The Hall–Kier alpha value is -0.390. The molecule has 1 aromatic carbocycles. The lowest BCUT2D eigenvalue weighted by atomic mass is 10.1. The minimum absolute atomic E-state index is 0.306. The van der Waals surface area contributed by atoms with Crippen molar-refractivity contribution in [3.63, 3.8) is 0 Å². The molecule has 1 atom stereocenters. The highest BCUT2D eigenvalue weighted by atomic mass is 79.9. The van der Waals surface area contributed by atoms with E-state index in [2.05, 4.69) is 27.6 Å². The molecule has 1 unspecified atom stereocenters. The SMILES string of the molecule is CCNS(=O)(=O)c1ccccc1CC(Br)CC. The number of alkyl halides is 1. The summed E-state index contributed by atoms with van der Waals surface area (Å²) in [5.41, 5.74) is 0.858. The Morgan fingerprint density at radius 3 is 2.53 bits per heavy atom. The zero-order valence-corrected chi connectivity index (χ0v) is 12.5. The molecule has 0 saturated heterocycles. The molecule has 0 bridgehead atoms. The molecule has 17 heavy (non-hydrogen) atoms. The van der Waals surface area contributed by atoms with E-state index in [0.717, 1.165) is 18.4 Å². The molecule has 0 aromatic heterocycles. The summed E-state index contributed by atoms with van der Waals surface area (Å²) in [6, 6.07) is 7.15. The third kappa shape index (κ3) is 4.08. The Balaban J connectivity index is 3.08. The summed E-state index contributed by atoms with van der Waals surface area (Å²) < 4.78 is 26.5. The van der Waals surface area contributed by atoms with Gasteiger partial charge in [-0.05, 0) is 24.5 Å². The van der Waals surface area contributed by atoms with Crippen molar-refractivity contribution in [2.24, 2.45) is 0 Å². The first-order chi connectivity index (χ1) is 8.01. The van der Waals surface area contributed by atoms with Crippen LogP contribution in [0, 0.1) is 0 Å². The van der Waals surface area contributed by atoms with Crippen molar-refractivity contribution in [1.29, 1.82) is 0 Å². The van der Waals surface area contributed by atoms with Crippen molar-refractivity contribution in [1.82, 2.24) is 4.72 Å². The fourth-order valence-electron chi connectivity index (χ4n) is 1.59. The zero-order valence-electron chi connectivity index (χ0n) is 10.1. The van der Waals surface area contributed by atoms with Gasteiger partial charge in [-0.2, -0.15) is 0 Å². The molecule has 1 N–H and O–H groups in total. The van der Waals surface area contributed by atoms with Gasteiger partial charge in [-0.1, -0.05) is 48.0 Å². The molecule has 1 aromatic rings. The largest absolute Gasteiger partial charge is 0.240 e. The number of rotatable bonds is 6. The zero-order chi connectivity index (χ0) is 12.9. The highest BCUT2D eigenvalue weighted by Gasteiger charge is 2.17. The van der Waals surface area contributed by atoms with Gasteiger partial charge in [0.2, 0.25) is 10.0 Å². The van der Waals surface area contributed by atoms with Crippen molar-refractivity contribution >= 4 is 26.0 Å². The average Bonchev–Trinajstić information content (AvgIpc) is 2.29. The van der Waals surface area contributed by atoms with E-state index in [9.17, 15) is 8.42 Å². The molecule has 0 radical (unpaired) electrons. The average molecular weight is 320 g/mol. The topological polar surface area (TPSA) is 46.2 Å². The van der Waals surface area contributed by atoms with Gasteiger partial charge in [0, 0.05) is 11.4 Å². The molecule has 3 nitrogen and oxygen atoms in total. The molecular formula is C12H18BrNO2S. The normalized spacial score (nSPS) is 13.6. The Labute approximate surface area is 112 Å². The van der Waals surface area contributed by atoms with Gasteiger partial charge in [-0.15, -0.1) is 0 Å². The Morgan fingerprint density at radius 2 is 1.94 bits per heavy atom. The molecule has 0 saturated carbocycles. The van der Waals surface area contributed by atoms with Crippen LogP contribution in [0.4, 0.5) is 0 Å². The van der Waals surface area contributed by atoms with Crippen molar-refractivity contribution in [2.75, 3.05) is 6.54 Å². The molecule has 96 valence electrons. The lowest BCUT2D eigenvalue weighted by Gasteiger charge is -2.12. The Bertz CT molecular complexity index is 459. The van der Waals surface area contributed by atoms with Crippen LogP contribution in [0.2, 0.25) is 0 Å². The first-order valence-electron chi connectivity index (χ1n) is 5.72. The van der Waals surface area contributed by atoms with Crippen LogP contribution in [0.15, 0.2) is 29.2 Å². The quantitative estimate of drug-likeness (QED) is 0.819. The Morgan fingerprint density at radius 1 is 1.29 bits per heavy atom. The summed E-state index contributed by atoms with van der Waals surface area (Å²) in [7, 11) is -3.37. The molecule has 0 fully saturated rings. The molecule has 5 heteroatoms. The highest BCUT2D eigenvalue weighted by molar-refractivity contribution is 9.09. The number of hydrogen-bond donors (Lipinski definition) is 1. The van der Waals surface area contributed by atoms with Gasteiger partial charge in [0.25, 0.3) is 0 Å². The van der Waals surface area contributed by atoms with Crippen LogP contribution in [0.3, 0.4) is 0 Å². The van der Waals surface area contributed by atoms with Crippen molar-refractivity contribution < 1.29 is 8.42 Å². The van der Waals surface area contributed by atoms with E-state index in [1.807, 2.05) is 12.1 Å². The van der Waals surface area contributed by atoms with Crippen LogP contribution in [0.1, 0.15) is 25.8 Å². The van der Waals surface area contributed by atoms with E-state index in [1.54, 1.807) is 19.1 Å². The van der Waals surface area contributed by atoms with Crippen molar-refractivity contribution in [3.8, 4) is 0 Å². The number of benzene rings is 1. The van der Waals surface area contributed by atoms with Crippen LogP contribution in [-0.4, -0.2) is 19.8 Å². The summed E-state index contributed by atoms with van der Waals surface area (Å²) >= 11 is 3.54. The van der Waals surface area contributed by atoms with Gasteiger partial charge in [0.1, 0.15) is 0 Å². The predicted octanol–water partition coefficient (Wildman–Crippen LogP) is 2.70. The standard InChI is InChI=1S/C12H18BrNO2S/c1-3-11(13)9-10-7-5-6-8-12(10)17(15,16)14-4-2/h5-8,11,14H,3-4,9H2,1-2H3. The van der Waals surface area contributed by atoms with Gasteiger partial charge in [-0.3, -0.25) is 0 Å². The lowest BCUT2D eigenvalue weighted by Crippen LogP contribution is -2.24. The lowest BCUT2D eigenvalue weighted by molar-refractivity contribution is 0.582. The fourth-order valence-corrected chi connectivity index (χ4v) is 3.22. The third-order valence-electron chi connectivity index (χ3n) is 2.48. The van der Waals surface area contributed by atoms with E-state index in [-0.39, 0.29) is 0 Å². The second kappa shape index (κ2) is 6.52. The van der Waals surface area contributed by atoms with E-state index < -0.39 is 10.0 Å². The van der Waals surface area contributed by atoms with E-state index >= 15 is 0 Å². The maximum absolute atomic E-state index is 12.0. The second-order valence-corrected chi connectivity index (χ2v) is 6.85. The molecule has 0 spiro atoms. The molecule has 0 amide bonds. The van der Waals surface area contributed by atoms with Gasteiger partial charge in [-0.25, -0.2) is 13.1 Å². The summed E-state index contributed by atoms with van der Waals surface area (Å²) in [4.78, 5) is 0.695. The third-order valence-corrected chi connectivity index (χ3v) is 5.10. The fraction of sp³-hybridized carbons (Fsp3) is 0.500. The van der Waals surface area contributed by atoms with Crippen LogP contribution in [-0.2, 0) is 16.4 Å². The molecule has 0 aliphatic carbocycles. The number of nitrogens with one attached hydrogen (secondary N) is 1. The first kappa shape index (κ1) is 14.7. The van der Waals surface area contributed by atoms with Crippen LogP contribution < -0.4 is 4.72 Å². The molecule has 1 rings (SSSR count). The molecular weight excluding hydrogens is 302 g/mol. The van der Waals surface area contributed by atoms with Crippen LogP contribution in [0.25, 0.3) is 0 Å². The summed E-state index contributed by atoms with van der Waals surface area (Å²) in [6.07, 6.45) is 1.69. The minimum atomic E-state index is -3.37. The summed E-state index contributed by atoms with van der Waals surface area (Å²) in [5, 5.41) is 0.